The summed E-state index contributed by atoms with van der Waals surface area (Å²) in [5.41, 5.74) is 0.0973. The summed E-state index contributed by atoms with van der Waals surface area (Å²) in [6.45, 7) is -0.191. The van der Waals surface area contributed by atoms with Gasteiger partial charge in [0.15, 0.2) is 0 Å². The van der Waals surface area contributed by atoms with Crippen molar-refractivity contribution in [3.05, 3.63) is 51.9 Å². The predicted octanol–water partition coefficient (Wildman–Crippen LogP) is 3.50. The minimum Gasteiger partial charge on any atom is -0.207 e. The highest BCUT2D eigenvalue weighted by atomic mass is 35.5. The number of benzene rings is 1. The molecule has 0 fully saturated rings. The van der Waals surface area contributed by atoms with Crippen LogP contribution in [0.25, 0.3) is 0 Å². The molecule has 1 aromatic carbocycles. The van der Waals surface area contributed by atoms with Gasteiger partial charge in [0.25, 0.3) is 10.0 Å². The Morgan fingerprint density at radius 2 is 1.95 bits per heavy atom. The van der Waals surface area contributed by atoms with Gasteiger partial charge in [-0.2, -0.15) is 4.31 Å². The van der Waals surface area contributed by atoms with Crippen molar-refractivity contribution in [1.82, 2.24) is 4.31 Å². The van der Waals surface area contributed by atoms with E-state index >= 15 is 0 Å². The fraction of sp³-hybridized carbons (Fsp3) is 0.167. The van der Waals surface area contributed by atoms with E-state index in [-0.39, 0.29) is 16.3 Å². The number of hydrogen-bond donors (Lipinski definition) is 0. The molecule has 108 valence electrons. The zero-order valence-corrected chi connectivity index (χ0v) is 12.7. The Balaban J connectivity index is 2.25. The number of nitrogens with zero attached hydrogens (tertiary/aromatic N) is 1. The maximum Gasteiger partial charge on any atom is 0.252 e. The van der Waals surface area contributed by atoms with Gasteiger partial charge in [0.05, 0.1) is 4.34 Å². The second-order valence-electron chi connectivity index (χ2n) is 4.06. The Kier molecular flexibility index (Phi) is 4.43. The average molecular weight is 338 g/mol. The molecule has 0 saturated heterocycles. The molecule has 0 radical (unpaired) electrons. The lowest BCUT2D eigenvalue weighted by Crippen LogP contribution is -2.26. The molecule has 20 heavy (non-hydrogen) atoms. The van der Waals surface area contributed by atoms with Crippen molar-refractivity contribution < 1.29 is 17.2 Å². The molecule has 0 saturated carbocycles. The zero-order chi connectivity index (χ0) is 14.9. The summed E-state index contributed by atoms with van der Waals surface area (Å²) >= 11 is 6.63. The molecule has 1 aromatic heterocycles. The number of halogens is 3. The molecule has 0 bridgehead atoms. The first-order chi connectivity index (χ1) is 9.30. The summed E-state index contributed by atoms with van der Waals surface area (Å²) < 4.78 is 52.2. The lowest BCUT2D eigenvalue weighted by molar-refractivity contribution is 0.456. The molecule has 0 N–H and O–H groups in total. The molecule has 1 heterocycles. The summed E-state index contributed by atoms with van der Waals surface area (Å²) in [7, 11) is -2.41. The van der Waals surface area contributed by atoms with E-state index in [2.05, 4.69) is 0 Å². The monoisotopic (exact) mass is 337 g/mol. The topological polar surface area (TPSA) is 37.4 Å². The van der Waals surface area contributed by atoms with Crippen LogP contribution in [-0.2, 0) is 16.6 Å². The molecule has 0 aliphatic heterocycles. The first-order valence-corrected chi connectivity index (χ1v) is 8.10. The highest BCUT2D eigenvalue weighted by Crippen LogP contribution is 2.28. The van der Waals surface area contributed by atoms with Crippen LogP contribution in [0.5, 0.6) is 0 Å². The van der Waals surface area contributed by atoms with Crippen LogP contribution in [0.15, 0.2) is 34.5 Å². The van der Waals surface area contributed by atoms with Crippen LogP contribution in [0.3, 0.4) is 0 Å². The molecular formula is C12H10ClF2NO2S2. The second-order valence-corrected chi connectivity index (χ2v) is 8.04. The molecule has 0 aliphatic carbocycles. The van der Waals surface area contributed by atoms with E-state index < -0.39 is 21.7 Å². The Bertz CT molecular complexity index is 731. The van der Waals surface area contributed by atoms with E-state index in [1.807, 2.05) is 0 Å². The van der Waals surface area contributed by atoms with E-state index in [4.69, 9.17) is 11.6 Å². The zero-order valence-electron chi connectivity index (χ0n) is 10.3. The highest BCUT2D eigenvalue weighted by molar-refractivity contribution is 7.91. The lowest BCUT2D eigenvalue weighted by atomic mass is 10.2. The number of hydrogen-bond acceptors (Lipinski definition) is 3. The van der Waals surface area contributed by atoms with E-state index in [0.717, 1.165) is 27.8 Å². The summed E-state index contributed by atoms with van der Waals surface area (Å²) in [4.78, 5) is 0. The van der Waals surface area contributed by atoms with Crippen LogP contribution in [0.2, 0.25) is 4.34 Å². The Hall–Kier alpha value is -1.02. The SMILES string of the molecule is CN(Cc1ccc(F)cc1F)S(=O)(=O)c1ccc(Cl)s1. The Morgan fingerprint density at radius 1 is 1.25 bits per heavy atom. The lowest BCUT2D eigenvalue weighted by Gasteiger charge is -2.16. The summed E-state index contributed by atoms with van der Waals surface area (Å²) in [5, 5.41) is 0. The molecule has 8 heteroatoms. The van der Waals surface area contributed by atoms with Crippen molar-refractivity contribution in [3.8, 4) is 0 Å². The van der Waals surface area contributed by atoms with Crippen molar-refractivity contribution in [2.75, 3.05) is 7.05 Å². The second kappa shape index (κ2) is 5.77. The predicted molar refractivity (Wildman–Crippen MR) is 74.3 cm³/mol. The molecule has 0 amide bonds. The molecule has 3 nitrogen and oxygen atoms in total. The fourth-order valence-electron chi connectivity index (χ4n) is 1.56. The van der Waals surface area contributed by atoms with Gasteiger partial charge >= 0.3 is 0 Å². The number of rotatable bonds is 4. The van der Waals surface area contributed by atoms with Crippen molar-refractivity contribution >= 4 is 33.0 Å². The van der Waals surface area contributed by atoms with Gasteiger partial charge in [-0.05, 0) is 18.2 Å². The maximum absolute atomic E-state index is 13.5. The maximum atomic E-state index is 13.5. The molecule has 0 spiro atoms. The van der Waals surface area contributed by atoms with Crippen LogP contribution < -0.4 is 0 Å². The van der Waals surface area contributed by atoms with Gasteiger partial charge in [-0.25, -0.2) is 17.2 Å². The minimum atomic E-state index is -3.74. The Labute approximate surface area is 124 Å². The standard InChI is InChI=1S/C12H10ClF2NO2S2/c1-16(7-8-2-3-9(14)6-10(8)15)20(17,18)12-5-4-11(13)19-12/h2-6H,7H2,1H3. The molecule has 2 rings (SSSR count). The van der Waals surface area contributed by atoms with Gasteiger partial charge in [-0.1, -0.05) is 17.7 Å². The summed E-state index contributed by atoms with van der Waals surface area (Å²) in [5.74, 6) is -1.49. The van der Waals surface area contributed by atoms with Gasteiger partial charge in [-0.15, -0.1) is 11.3 Å². The third-order valence-electron chi connectivity index (χ3n) is 2.62. The summed E-state index contributed by atoms with van der Waals surface area (Å²) in [6.07, 6.45) is 0. The molecule has 2 aromatic rings. The van der Waals surface area contributed by atoms with E-state index in [9.17, 15) is 17.2 Å². The van der Waals surface area contributed by atoms with Gasteiger partial charge in [0, 0.05) is 25.2 Å². The van der Waals surface area contributed by atoms with Gasteiger partial charge in [0.2, 0.25) is 0 Å². The van der Waals surface area contributed by atoms with Crippen LogP contribution in [-0.4, -0.2) is 19.8 Å². The van der Waals surface area contributed by atoms with Crippen LogP contribution in [0.1, 0.15) is 5.56 Å². The fourth-order valence-corrected chi connectivity index (χ4v) is 4.41. The number of sulfonamides is 1. The quantitative estimate of drug-likeness (QED) is 0.856. The first-order valence-electron chi connectivity index (χ1n) is 5.46. The third kappa shape index (κ3) is 3.17. The van der Waals surface area contributed by atoms with Crippen LogP contribution in [0, 0.1) is 11.6 Å². The van der Waals surface area contributed by atoms with Crippen molar-refractivity contribution in [2.24, 2.45) is 0 Å². The van der Waals surface area contributed by atoms with Crippen molar-refractivity contribution in [1.29, 1.82) is 0 Å². The first kappa shape index (κ1) is 15.4. The van der Waals surface area contributed by atoms with Gasteiger partial charge < -0.3 is 0 Å². The number of thiophene rings is 1. The van der Waals surface area contributed by atoms with Gasteiger partial charge in [0.1, 0.15) is 15.8 Å². The Morgan fingerprint density at radius 3 is 2.50 bits per heavy atom. The van der Waals surface area contributed by atoms with Crippen molar-refractivity contribution in [2.45, 2.75) is 10.8 Å². The largest absolute Gasteiger partial charge is 0.252 e. The molecular weight excluding hydrogens is 328 g/mol. The van der Waals surface area contributed by atoms with E-state index in [0.29, 0.717) is 4.34 Å². The smallest absolute Gasteiger partial charge is 0.207 e. The van der Waals surface area contributed by atoms with E-state index in [1.54, 1.807) is 0 Å². The van der Waals surface area contributed by atoms with Crippen LogP contribution >= 0.6 is 22.9 Å². The minimum absolute atomic E-state index is 0.0764. The van der Waals surface area contributed by atoms with E-state index in [1.165, 1.54) is 25.2 Å². The average Bonchev–Trinajstić information content (AvgIpc) is 2.80. The molecule has 0 unspecified atom stereocenters. The summed E-state index contributed by atoms with van der Waals surface area (Å²) in [6, 6.07) is 5.89. The molecule has 0 atom stereocenters. The van der Waals surface area contributed by atoms with Gasteiger partial charge in [-0.3, -0.25) is 0 Å². The normalized spacial score (nSPS) is 12.1. The van der Waals surface area contributed by atoms with Crippen LogP contribution in [0.4, 0.5) is 8.78 Å². The highest BCUT2D eigenvalue weighted by Gasteiger charge is 2.23. The third-order valence-corrected chi connectivity index (χ3v) is 6.12. The van der Waals surface area contributed by atoms with Crippen molar-refractivity contribution in [3.63, 3.8) is 0 Å². The molecule has 0 aliphatic rings.